The van der Waals surface area contributed by atoms with Gasteiger partial charge in [-0.05, 0) is 64.0 Å². The van der Waals surface area contributed by atoms with Crippen LogP contribution in [-0.4, -0.2) is 14.5 Å². The number of fused-ring (bicyclic) bond motifs is 18. The van der Waals surface area contributed by atoms with Crippen LogP contribution >= 0.6 is 11.3 Å². The van der Waals surface area contributed by atoms with E-state index in [0.717, 1.165) is 60.6 Å². The fourth-order valence-corrected chi connectivity index (χ4v) is 10.2. The summed E-state index contributed by atoms with van der Waals surface area (Å²) in [6, 6.07) is 53.5. The van der Waals surface area contributed by atoms with Crippen LogP contribution in [0.3, 0.4) is 0 Å². The van der Waals surface area contributed by atoms with Gasteiger partial charge in [0, 0.05) is 48.0 Å². The standard InChI is InChI=1S/C48H25N3O2S/c1-2-12-28-26(11-1)21-23-35-41(28)42-31-15-4-3-14-30(31)40-33-17-7-10-20-39(33)54-46(40)45(42)51(35)48-49-44(43-32-16-6-9-19-37(32)53-47(43)50-48)27-22-24-38-34(25-27)29-13-5-8-18-36(29)52-38/h1-25H. The molecule has 0 aliphatic heterocycles. The maximum Gasteiger partial charge on any atom is 0.238 e. The van der Waals surface area contributed by atoms with Gasteiger partial charge in [0.2, 0.25) is 11.7 Å². The summed E-state index contributed by atoms with van der Waals surface area (Å²) >= 11 is 1.84. The summed E-state index contributed by atoms with van der Waals surface area (Å²) in [5, 5.41) is 13.8. The average molecular weight is 708 g/mol. The van der Waals surface area contributed by atoms with E-state index in [4.69, 9.17) is 18.8 Å². The van der Waals surface area contributed by atoms with Gasteiger partial charge in [0.05, 0.1) is 26.8 Å². The second kappa shape index (κ2) is 10.3. The van der Waals surface area contributed by atoms with Crippen molar-refractivity contribution in [2.24, 2.45) is 0 Å². The summed E-state index contributed by atoms with van der Waals surface area (Å²) in [4.78, 5) is 10.9. The minimum absolute atomic E-state index is 0.553. The van der Waals surface area contributed by atoms with Gasteiger partial charge in [0.1, 0.15) is 16.7 Å². The van der Waals surface area contributed by atoms with Crippen molar-refractivity contribution in [2.45, 2.75) is 0 Å². The third-order valence-corrected chi connectivity index (χ3v) is 12.4. The van der Waals surface area contributed by atoms with Crippen LogP contribution in [0.25, 0.3) is 125 Å². The molecule has 8 aromatic carbocycles. The molecule has 0 aliphatic rings. The molecule has 0 spiro atoms. The van der Waals surface area contributed by atoms with Gasteiger partial charge in [-0.25, -0.2) is 4.98 Å². The molecule has 0 aliphatic carbocycles. The SMILES string of the molecule is c1ccc2c(c1)ccc1c2c2c3ccccc3c3c4ccccc4sc3c2n1-c1nc(-c2ccc3oc4ccccc4c3c2)c2c(n1)oc1ccccc12. The van der Waals surface area contributed by atoms with Gasteiger partial charge in [-0.3, -0.25) is 4.57 Å². The van der Waals surface area contributed by atoms with E-state index >= 15 is 0 Å². The minimum Gasteiger partial charge on any atom is -0.456 e. The molecule has 6 heteroatoms. The first kappa shape index (κ1) is 28.6. The zero-order valence-electron chi connectivity index (χ0n) is 28.5. The van der Waals surface area contributed by atoms with Crippen molar-refractivity contribution >= 4 is 119 Å². The quantitative estimate of drug-likeness (QED) is 0.179. The van der Waals surface area contributed by atoms with Crippen LogP contribution in [-0.2, 0) is 0 Å². The Hall–Kier alpha value is -7.02. The lowest BCUT2D eigenvalue weighted by molar-refractivity contribution is 0.651. The van der Waals surface area contributed by atoms with Crippen molar-refractivity contribution in [3.8, 4) is 17.2 Å². The number of aromatic nitrogens is 3. The number of nitrogens with zero attached hydrogens (tertiary/aromatic N) is 3. The minimum atomic E-state index is 0.553. The molecule has 5 aromatic heterocycles. The smallest absolute Gasteiger partial charge is 0.238 e. The Labute approximate surface area is 309 Å². The molecular formula is C48H25N3O2S. The van der Waals surface area contributed by atoms with E-state index < -0.39 is 0 Å². The van der Waals surface area contributed by atoms with E-state index in [2.05, 4.69) is 126 Å². The van der Waals surface area contributed by atoms with Crippen molar-refractivity contribution in [1.82, 2.24) is 14.5 Å². The Morgan fingerprint density at radius 1 is 0.463 bits per heavy atom. The highest BCUT2D eigenvalue weighted by Crippen LogP contribution is 2.49. The predicted octanol–water partition coefficient (Wildman–Crippen LogP) is 13.7. The number of hydrogen-bond acceptors (Lipinski definition) is 5. The third-order valence-electron chi connectivity index (χ3n) is 11.2. The van der Waals surface area contributed by atoms with E-state index in [1.165, 1.54) is 52.5 Å². The molecule has 13 rings (SSSR count). The Balaban J connectivity index is 1.25. The summed E-state index contributed by atoms with van der Waals surface area (Å²) in [5.74, 6) is 0.568. The molecule has 0 N–H and O–H groups in total. The molecule has 13 aromatic rings. The maximum atomic E-state index is 6.62. The largest absolute Gasteiger partial charge is 0.456 e. The van der Waals surface area contributed by atoms with E-state index in [1.807, 2.05) is 41.7 Å². The lowest BCUT2D eigenvalue weighted by atomic mass is 9.97. The molecule has 5 heterocycles. The van der Waals surface area contributed by atoms with E-state index in [-0.39, 0.29) is 0 Å². The van der Waals surface area contributed by atoms with Crippen LogP contribution in [0.4, 0.5) is 0 Å². The first-order chi connectivity index (χ1) is 26.8. The number of thiophene rings is 1. The lowest BCUT2D eigenvalue weighted by Crippen LogP contribution is -2.03. The first-order valence-corrected chi connectivity index (χ1v) is 18.9. The molecule has 0 unspecified atom stereocenters. The van der Waals surface area contributed by atoms with Crippen molar-refractivity contribution in [2.75, 3.05) is 0 Å². The Bertz CT molecular complexity index is 3750. The highest BCUT2D eigenvalue weighted by molar-refractivity contribution is 7.27. The zero-order valence-corrected chi connectivity index (χ0v) is 29.3. The molecule has 0 radical (unpaired) electrons. The average Bonchev–Trinajstić information content (AvgIpc) is 3.99. The number of benzene rings is 8. The third kappa shape index (κ3) is 3.67. The molecule has 250 valence electrons. The summed E-state index contributed by atoms with van der Waals surface area (Å²) in [6.45, 7) is 0. The van der Waals surface area contributed by atoms with Gasteiger partial charge in [0.25, 0.3) is 0 Å². The zero-order chi connectivity index (χ0) is 35.1. The van der Waals surface area contributed by atoms with Crippen molar-refractivity contribution in [3.05, 3.63) is 152 Å². The van der Waals surface area contributed by atoms with E-state index in [9.17, 15) is 0 Å². The van der Waals surface area contributed by atoms with Gasteiger partial charge in [-0.1, -0.05) is 109 Å². The fraction of sp³-hybridized carbons (Fsp3) is 0. The molecule has 0 saturated carbocycles. The van der Waals surface area contributed by atoms with Crippen LogP contribution in [0.15, 0.2) is 160 Å². The number of para-hydroxylation sites is 2. The highest BCUT2D eigenvalue weighted by atomic mass is 32.1. The molecule has 0 amide bonds. The van der Waals surface area contributed by atoms with Crippen molar-refractivity contribution in [1.29, 1.82) is 0 Å². The Morgan fingerprint density at radius 3 is 1.98 bits per heavy atom. The van der Waals surface area contributed by atoms with E-state index in [1.54, 1.807) is 0 Å². The lowest BCUT2D eigenvalue weighted by Gasteiger charge is -2.11. The van der Waals surface area contributed by atoms with Gasteiger partial charge >= 0.3 is 0 Å². The molecule has 0 fully saturated rings. The fourth-order valence-electron chi connectivity index (χ4n) is 8.94. The normalized spacial score (nSPS) is 12.4. The van der Waals surface area contributed by atoms with Crippen LogP contribution in [0, 0.1) is 0 Å². The van der Waals surface area contributed by atoms with Crippen LogP contribution in [0.1, 0.15) is 0 Å². The second-order valence-corrected chi connectivity index (χ2v) is 15.1. The molecular weight excluding hydrogens is 683 g/mol. The Kier molecular flexibility index (Phi) is 5.45. The highest BCUT2D eigenvalue weighted by Gasteiger charge is 2.26. The monoisotopic (exact) mass is 707 g/mol. The van der Waals surface area contributed by atoms with Gasteiger partial charge in [-0.2, -0.15) is 4.98 Å². The first-order valence-electron chi connectivity index (χ1n) is 18.1. The predicted molar refractivity (Wildman–Crippen MR) is 224 cm³/mol. The second-order valence-electron chi connectivity index (χ2n) is 14.0. The van der Waals surface area contributed by atoms with Crippen LogP contribution in [0.2, 0.25) is 0 Å². The molecule has 5 nitrogen and oxygen atoms in total. The van der Waals surface area contributed by atoms with E-state index in [0.29, 0.717) is 11.7 Å². The van der Waals surface area contributed by atoms with Crippen LogP contribution in [0.5, 0.6) is 0 Å². The summed E-state index contributed by atoms with van der Waals surface area (Å²) in [5.41, 5.74) is 6.98. The molecule has 54 heavy (non-hydrogen) atoms. The maximum absolute atomic E-state index is 6.62. The summed E-state index contributed by atoms with van der Waals surface area (Å²) in [7, 11) is 0. The summed E-state index contributed by atoms with van der Waals surface area (Å²) < 4.78 is 17.6. The van der Waals surface area contributed by atoms with Crippen molar-refractivity contribution in [3.63, 3.8) is 0 Å². The number of rotatable bonds is 2. The topological polar surface area (TPSA) is 57.0 Å². The van der Waals surface area contributed by atoms with Gasteiger partial charge in [0.15, 0.2) is 0 Å². The molecule has 0 bridgehead atoms. The van der Waals surface area contributed by atoms with Crippen LogP contribution < -0.4 is 0 Å². The number of furan rings is 2. The van der Waals surface area contributed by atoms with Crippen molar-refractivity contribution < 1.29 is 8.83 Å². The summed E-state index contributed by atoms with van der Waals surface area (Å²) in [6.07, 6.45) is 0. The van der Waals surface area contributed by atoms with Gasteiger partial charge < -0.3 is 8.83 Å². The number of hydrogen-bond donors (Lipinski definition) is 0. The molecule has 0 saturated heterocycles. The molecule has 0 atom stereocenters. The Morgan fingerprint density at radius 2 is 1.13 bits per heavy atom. The van der Waals surface area contributed by atoms with Gasteiger partial charge in [-0.15, -0.1) is 11.3 Å².